The molecule has 2 aromatic rings. The lowest BCUT2D eigenvalue weighted by Gasteiger charge is -2.05. The van der Waals surface area contributed by atoms with E-state index < -0.39 is 0 Å². The Morgan fingerprint density at radius 3 is 1.55 bits per heavy atom. The quantitative estimate of drug-likeness (QED) is 0.831. The summed E-state index contributed by atoms with van der Waals surface area (Å²) in [5.41, 5.74) is 11.8. The average Bonchev–Trinajstić information content (AvgIpc) is 2.50. The zero-order valence-corrected chi connectivity index (χ0v) is 11.6. The second-order valence-electron chi connectivity index (χ2n) is 4.86. The topological polar surface area (TPSA) is 90.7 Å². The molecule has 4 N–H and O–H groups in total. The van der Waals surface area contributed by atoms with Gasteiger partial charge >= 0.3 is 0 Å². The maximum absolute atomic E-state index is 5.45. The number of rotatable bonds is 1. The first-order valence-electron chi connectivity index (χ1n) is 7.08. The molecule has 0 saturated heterocycles. The van der Waals surface area contributed by atoms with Gasteiger partial charge in [0.1, 0.15) is 0 Å². The minimum atomic E-state index is 0.136. The number of benzene rings is 1. The van der Waals surface area contributed by atoms with E-state index in [0.717, 1.165) is 5.56 Å². The normalized spacial score (nSPS) is 14.2. The Morgan fingerprint density at radius 2 is 1.10 bits per heavy atom. The van der Waals surface area contributed by atoms with Crippen molar-refractivity contribution in [3.05, 3.63) is 30.3 Å². The third-order valence-corrected chi connectivity index (χ3v) is 3.20. The van der Waals surface area contributed by atoms with Gasteiger partial charge in [-0.3, -0.25) is 0 Å². The second kappa shape index (κ2) is 7.43. The van der Waals surface area contributed by atoms with Crippen LogP contribution in [0.3, 0.4) is 0 Å². The lowest BCUT2D eigenvalue weighted by Crippen LogP contribution is -2.04. The molecule has 5 nitrogen and oxygen atoms in total. The first kappa shape index (κ1) is 14.2. The number of hydrogen-bond acceptors (Lipinski definition) is 5. The predicted octanol–water partition coefficient (Wildman–Crippen LogP) is 3.04. The average molecular weight is 271 g/mol. The van der Waals surface area contributed by atoms with E-state index in [0.29, 0.717) is 5.82 Å². The fourth-order valence-electron chi connectivity index (χ4n) is 2.19. The van der Waals surface area contributed by atoms with Gasteiger partial charge in [-0.05, 0) is 0 Å². The number of aromatic nitrogens is 3. The maximum atomic E-state index is 5.45. The third-order valence-electron chi connectivity index (χ3n) is 3.20. The van der Waals surface area contributed by atoms with E-state index in [1.807, 2.05) is 30.3 Å². The molecule has 1 aromatic carbocycles. The molecular weight excluding hydrogens is 250 g/mol. The molecule has 1 aliphatic rings. The lowest BCUT2D eigenvalue weighted by molar-refractivity contribution is 0.504. The van der Waals surface area contributed by atoms with Crippen LogP contribution in [-0.4, -0.2) is 15.0 Å². The molecular formula is C15H21N5. The first-order chi connectivity index (χ1) is 9.75. The molecule has 0 spiro atoms. The van der Waals surface area contributed by atoms with Crippen LogP contribution in [0.1, 0.15) is 38.5 Å². The van der Waals surface area contributed by atoms with E-state index in [9.17, 15) is 0 Å². The molecule has 0 radical (unpaired) electrons. The highest BCUT2D eigenvalue weighted by Crippen LogP contribution is 2.15. The van der Waals surface area contributed by atoms with E-state index in [1.165, 1.54) is 38.5 Å². The van der Waals surface area contributed by atoms with Crippen molar-refractivity contribution in [2.75, 3.05) is 11.5 Å². The molecule has 0 bridgehead atoms. The van der Waals surface area contributed by atoms with Gasteiger partial charge in [0.2, 0.25) is 11.9 Å². The summed E-state index contributed by atoms with van der Waals surface area (Å²) in [5, 5.41) is 0. The predicted molar refractivity (Wildman–Crippen MR) is 81.8 cm³/mol. The van der Waals surface area contributed by atoms with Crippen LogP contribution in [0.4, 0.5) is 11.9 Å². The Bertz CT molecular complexity index is 491. The summed E-state index contributed by atoms with van der Waals surface area (Å²) in [7, 11) is 0. The summed E-state index contributed by atoms with van der Waals surface area (Å²) >= 11 is 0. The Morgan fingerprint density at radius 1 is 0.650 bits per heavy atom. The zero-order chi connectivity index (χ0) is 14.2. The maximum Gasteiger partial charge on any atom is 0.225 e. The van der Waals surface area contributed by atoms with Crippen molar-refractivity contribution in [1.82, 2.24) is 15.0 Å². The Hall–Kier alpha value is -2.17. The molecule has 1 heterocycles. The van der Waals surface area contributed by atoms with Crippen molar-refractivity contribution in [3.8, 4) is 11.4 Å². The molecule has 5 heteroatoms. The van der Waals surface area contributed by atoms with Crippen molar-refractivity contribution in [2.45, 2.75) is 38.5 Å². The Kier molecular flexibility index (Phi) is 5.29. The van der Waals surface area contributed by atoms with Gasteiger partial charge in [-0.25, -0.2) is 0 Å². The highest BCUT2D eigenvalue weighted by molar-refractivity contribution is 5.56. The zero-order valence-electron chi connectivity index (χ0n) is 11.6. The van der Waals surface area contributed by atoms with Gasteiger partial charge in [0, 0.05) is 5.56 Å². The second-order valence-corrected chi connectivity index (χ2v) is 4.86. The Balaban J connectivity index is 0.000000205. The van der Waals surface area contributed by atoms with Gasteiger partial charge in [-0.1, -0.05) is 68.9 Å². The minimum absolute atomic E-state index is 0.136. The van der Waals surface area contributed by atoms with E-state index >= 15 is 0 Å². The van der Waals surface area contributed by atoms with Crippen LogP contribution < -0.4 is 11.5 Å². The summed E-state index contributed by atoms with van der Waals surface area (Å²) < 4.78 is 0. The fourth-order valence-corrected chi connectivity index (χ4v) is 2.19. The lowest BCUT2D eigenvalue weighted by atomic mass is 10.0. The molecule has 0 amide bonds. The summed E-state index contributed by atoms with van der Waals surface area (Å²) in [5.74, 6) is 0.767. The number of nitrogens with two attached hydrogens (primary N) is 2. The van der Waals surface area contributed by atoms with Gasteiger partial charge in [-0.15, -0.1) is 0 Å². The molecule has 3 rings (SSSR count). The van der Waals surface area contributed by atoms with Gasteiger partial charge in [0.15, 0.2) is 5.82 Å². The number of anilines is 2. The smallest absolute Gasteiger partial charge is 0.225 e. The van der Waals surface area contributed by atoms with Crippen LogP contribution in [0.15, 0.2) is 30.3 Å². The third kappa shape index (κ3) is 4.50. The van der Waals surface area contributed by atoms with Crippen LogP contribution in [0.25, 0.3) is 11.4 Å². The number of hydrogen-bond donors (Lipinski definition) is 2. The summed E-state index contributed by atoms with van der Waals surface area (Å²) in [6, 6.07) is 9.47. The number of nitrogens with zero attached hydrogens (tertiary/aromatic N) is 3. The molecule has 1 fully saturated rings. The van der Waals surface area contributed by atoms with Gasteiger partial charge in [0.25, 0.3) is 0 Å². The van der Waals surface area contributed by atoms with Crippen molar-refractivity contribution in [2.24, 2.45) is 0 Å². The monoisotopic (exact) mass is 271 g/mol. The molecule has 0 unspecified atom stereocenters. The van der Waals surface area contributed by atoms with Crippen LogP contribution >= 0.6 is 0 Å². The van der Waals surface area contributed by atoms with Crippen molar-refractivity contribution in [1.29, 1.82) is 0 Å². The van der Waals surface area contributed by atoms with E-state index in [4.69, 9.17) is 11.5 Å². The van der Waals surface area contributed by atoms with Gasteiger partial charge in [-0.2, -0.15) is 15.0 Å². The SMILES string of the molecule is C1CCCCC1.Nc1nc(N)nc(-c2ccccc2)n1. The molecule has 106 valence electrons. The highest BCUT2D eigenvalue weighted by Gasteiger charge is 2.03. The fraction of sp³-hybridized carbons (Fsp3) is 0.400. The molecule has 1 saturated carbocycles. The molecule has 1 aromatic heterocycles. The highest BCUT2D eigenvalue weighted by atomic mass is 15.1. The van der Waals surface area contributed by atoms with Crippen molar-refractivity contribution >= 4 is 11.9 Å². The van der Waals surface area contributed by atoms with E-state index in [-0.39, 0.29) is 11.9 Å². The van der Waals surface area contributed by atoms with Crippen LogP contribution in [0, 0.1) is 0 Å². The van der Waals surface area contributed by atoms with Crippen molar-refractivity contribution < 1.29 is 0 Å². The van der Waals surface area contributed by atoms with Crippen molar-refractivity contribution in [3.63, 3.8) is 0 Å². The van der Waals surface area contributed by atoms with E-state index in [1.54, 1.807) is 0 Å². The standard InChI is InChI=1S/C9H9N5.C6H12/c10-8-12-7(13-9(11)14-8)6-4-2-1-3-5-6;1-2-4-6-5-3-1/h1-5H,(H4,10,11,12,13,14);1-6H2. The van der Waals surface area contributed by atoms with Gasteiger partial charge < -0.3 is 11.5 Å². The molecule has 1 aliphatic carbocycles. The summed E-state index contributed by atoms with van der Waals surface area (Å²) in [6.07, 6.45) is 9.00. The Labute approximate surface area is 119 Å². The molecule has 0 aliphatic heterocycles. The van der Waals surface area contributed by atoms with Crippen LogP contribution in [0.5, 0.6) is 0 Å². The molecule has 0 atom stereocenters. The number of nitrogen functional groups attached to an aromatic ring is 2. The molecule has 20 heavy (non-hydrogen) atoms. The van der Waals surface area contributed by atoms with Crippen LogP contribution in [-0.2, 0) is 0 Å². The first-order valence-corrected chi connectivity index (χ1v) is 7.08. The largest absolute Gasteiger partial charge is 0.368 e. The van der Waals surface area contributed by atoms with E-state index in [2.05, 4.69) is 15.0 Å². The van der Waals surface area contributed by atoms with Gasteiger partial charge in [0.05, 0.1) is 0 Å². The summed E-state index contributed by atoms with van der Waals surface area (Å²) in [6.45, 7) is 0. The summed E-state index contributed by atoms with van der Waals surface area (Å²) in [4.78, 5) is 11.7. The minimum Gasteiger partial charge on any atom is -0.368 e. The van der Waals surface area contributed by atoms with Crippen LogP contribution in [0.2, 0.25) is 0 Å².